The Morgan fingerprint density at radius 1 is 1.54 bits per heavy atom. The van der Waals surface area contributed by atoms with Crippen molar-refractivity contribution in [2.75, 3.05) is 26.2 Å². The molecular weight excluding hydrogens is 166 g/mol. The molecule has 13 heavy (non-hydrogen) atoms. The van der Waals surface area contributed by atoms with E-state index in [4.69, 9.17) is 5.73 Å². The standard InChI is InChI=1S/C9H19N3O/c1-8(11-5-4-10)9(13)12-6-2-3-7-12/h8,11H,2-7,10H2,1H3. The van der Waals surface area contributed by atoms with E-state index in [9.17, 15) is 4.79 Å². The maximum absolute atomic E-state index is 11.7. The van der Waals surface area contributed by atoms with Gasteiger partial charge in [-0.25, -0.2) is 0 Å². The average molecular weight is 185 g/mol. The molecule has 0 bridgehead atoms. The van der Waals surface area contributed by atoms with Crippen LogP contribution in [0.15, 0.2) is 0 Å². The highest BCUT2D eigenvalue weighted by Crippen LogP contribution is 2.08. The molecule has 0 saturated carbocycles. The minimum atomic E-state index is -0.0818. The van der Waals surface area contributed by atoms with Gasteiger partial charge in [-0.2, -0.15) is 0 Å². The smallest absolute Gasteiger partial charge is 0.239 e. The van der Waals surface area contributed by atoms with E-state index in [1.807, 2.05) is 11.8 Å². The highest BCUT2D eigenvalue weighted by atomic mass is 16.2. The van der Waals surface area contributed by atoms with Crippen LogP contribution < -0.4 is 11.1 Å². The van der Waals surface area contributed by atoms with Crippen LogP contribution in [0.1, 0.15) is 19.8 Å². The largest absolute Gasteiger partial charge is 0.341 e. The average Bonchev–Trinajstić information content (AvgIpc) is 2.65. The molecular formula is C9H19N3O. The van der Waals surface area contributed by atoms with Crippen LogP contribution in [0, 0.1) is 0 Å². The first-order valence-electron chi connectivity index (χ1n) is 4.98. The van der Waals surface area contributed by atoms with Crippen LogP contribution in [-0.2, 0) is 4.79 Å². The van der Waals surface area contributed by atoms with Gasteiger partial charge in [-0.05, 0) is 19.8 Å². The van der Waals surface area contributed by atoms with E-state index < -0.39 is 0 Å². The quantitative estimate of drug-likeness (QED) is 0.623. The lowest BCUT2D eigenvalue weighted by Crippen LogP contribution is -2.45. The lowest BCUT2D eigenvalue weighted by atomic mass is 10.3. The summed E-state index contributed by atoms with van der Waals surface area (Å²) in [6, 6.07) is -0.0818. The molecule has 0 aromatic heterocycles. The third kappa shape index (κ3) is 2.97. The molecule has 76 valence electrons. The molecule has 1 amide bonds. The van der Waals surface area contributed by atoms with Crippen molar-refractivity contribution in [1.29, 1.82) is 0 Å². The summed E-state index contributed by atoms with van der Waals surface area (Å²) in [7, 11) is 0. The maximum atomic E-state index is 11.7. The molecule has 4 heteroatoms. The molecule has 1 rings (SSSR count). The van der Waals surface area contributed by atoms with E-state index in [-0.39, 0.29) is 11.9 Å². The van der Waals surface area contributed by atoms with Crippen molar-refractivity contribution in [3.05, 3.63) is 0 Å². The Balaban J connectivity index is 2.28. The number of carbonyl (C=O) groups excluding carboxylic acids is 1. The van der Waals surface area contributed by atoms with Crippen LogP contribution in [0.5, 0.6) is 0 Å². The molecule has 0 aliphatic carbocycles. The number of nitrogens with one attached hydrogen (secondary N) is 1. The third-order valence-corrected chi connectivity index (χ3v) is 2.38. The van der Waals surface area contributed by atoms with Gasteiger partial charge in [0.2, 0.25) is 5.91 Å². The molecule has 1 saturated heterocycles. The zero-order valence-corrected chi connectivity index (χ0v) is 8.25. The van der Waals surface area contributed by atoms with Crippen LogP contribution in [0.25, 0.3) is 0 Å². The number of rotatable bonds is 4. The van der Waals surface area contributed by atoms with Gasteiger partial charge in [0, 0.05) is 26.2 Å². The number of hydrogen-bond acceptors (Lipinski definition) is 3. The molecule has 1 aliphatic rings. The second-order valence-corrected chi connectivity index (χ2v) is 3.50. The Morgan fingerprint density at radius 2 is 2.15 bits per heavy atom. The Bertz CT molecular complexity index is 166. The number of likely N-dealkylation sites (tertiary alicyclic amines) is 1. The topological polar surface area (TPSA) is 58.4 Å². The lowest BCUT2D eigenvalue weighted by molar-refractivity contribution is -0.131. The molecule has 1 aliphatic heterocycles. The summed E-state index contributed by atoms with van der Waals surface area (Å²) >= 11 is 0. The van der Waals surface area contributed by atoms with E-state index in [2.05, 4.69) is 5.32 Å². The van der Waals surface area contributed by atoms with Crippen LogP contribution in [0.2, 0.25) is 0 Å². The zero-order valence-electron chi connectivity index (χ0n) is 8.25. The van der Waals surface area contributed by atoms with E-state index in [0.29, 0.717) is 13.1 Å². The maximum Gasteiger partial charge on any atom is 0.239 e. The molecule has 1 heterocycles. The van der Waals surface area contributed by atoms with E-state index in [0.717, 1.165) is 25.9 Å². The summed E-state index contributed by atoms with van der Waals surface area (Å²) in [5.74, 6) is 0.214. The second kappa shape index (κ2) is 5.19. The highest BCUT2D eigenvalue weighted by molar-refractivity contribution is 5.81. The van der Waals surface area contributed by atoms with Gasteiger partial charge < -0.3 is 16.0 Å². The summed E-state index contributed by atoms with van der Waals surface area (Å²) in [5.41, 5.74) is 5.34. The number of hydrogen-bond donors (Lipinski definition) is 2. The zero-order chi connectivity index (χ0) is 9.68. The molecule has 0 aromatic carbocycles. The van der Waals surface area contributed by atoms with Crippen molar-refractivity contribution in [1.82, 2.24) is 10.2 Å². The Morgan fingerprint density at radius 3 is 2.69 bits per heavy atom. The molecule has 0 aromatic rings. The van der Waals surface area contributed by atoms with Crippen molar-refractivity contribution in [2.24, 2.45) is 5.73 Å². The Hall–Kier alpha value is -0.610. The van der Waals surface area contributed by atoms with Crippen molar-refractivity contribution in [3.63, 3.8) is 0 Å². The van der Waals surface area contributed by atoms with Gasteiger partial charge >= 0.3 is 0 Å². The van der Waals surface area contributed by atoms with Gasteiger partial charge in [0.05, 0.1) is 6.04 Å². The molecule has 3 N–H and O–H groups in total. The van der Waals surface area contributed by atoms with Crippen molar-refractivity contribution < 1.29 is 4.79 Å². The normalized spacial score (nSPS) is 19.1. The van der Waals surface area contributed by atoms with Gasteiger partial charge in [-0.15, -0.1) is 0 Å². The van der Waals surface area contributed by atoms with E-state index >= 15 is 0 Å². The molecule has 1 unspecified atom stereocenters. The van der Waals surface area contributed by atoms with Crippen LogP contribution >= 0.6 is 0 Å². The predicted molar refractivity (Wildman–Crippen MR) is 52.3 cm³/mol. The Kier molecular flexibility index (Phi) is 4.18. The number of nitrogens with two attached hydrogens (primary N) is 1. The lowest BCUT2D eigenvalue weighted by Gasteiger charge is -2.20. The molecule has 0 radical (unpaired) electrons. The fraction of sp³-hybridized carbons (Fsp3) is 0.889. The third-order valence-electron chi connectivity index (χ3n) is 2.38. The van der Waals surface area contributed by atoms with Gasteiger partial charge in [0.1, 0.15) is 0 Å². The Labute approximate surface area is 79.5 Å². The molecule has 1 atom stereocenters. The van der Waals surface area contributed by atoms with Crippen LogP contribution in [-0.4, -0.2) is 43.0 Å². The van der Waals surface area contributed by atoms with E-state index in [1.54, 1.807) is 0 Å². The summed E-state index contributed by atoms with van der Waals surface area (Å²) in [6.07, 6.45) is 2.30. The SMILES string of the molecule is CC(NCCN)C(=O)N1CCCC1. The van der Waals surface area contributed by atoms with E-state index in [1.165, 1.54) is 0 Å². The van der Waals surface area contributed by atoms with Crippen molar-refractivity contribution in [2.45, 2.75) is 25.8 Å². The van der Waals surface area contributed by atoms with Crippen LogP contribution in [0.4, 0.5) is 0 Å². The summed E-state index contributed by atoms with van der Waals surface area (Å²) in [6.45, 7) is 5.04. The van der Waals surface area contributed by atoms with Gasteiger partial charge in [0.15, 0.2) is 0 Å². The number of amides is 1. The van der Waals surface area contributed by atoms with Gasteiger partial charge in [-0.3, -0.25) is 4.79 Å². The van der Waals surface area contributed by atoms with Crippen molar-refractivity contribution >= 4 is 5.91 Å². The monoisotopic (exact) mass is 185 g/mol. The number of carbonyl (C=O) groups is 1. The predicted octanol–water partition coefficient (Wildman–Crippen LogP) is -0.454. The minimum Gasteiger partial charge on any atom is -0.341 e. The fourth-order valence-corrected chi connectivity index (χ4v) is 1.60. The first-order chi connectivity index (χ1) is 6.25. The first-order valence-corrected chi connectivity index (χ1v) is 4.98. The number of nitrogens with zero attached hydrogens (tertiary/aromatic N) is 1. The second-order valence-electron chi connectivity index (χ2n) is 3.50. The summed E-state index contributed by atoms with van der Waals surface area (Å²) in [4.78, 5) is 13.6. The molecule has 0 spiro atoms. The highest BCUT2D eigenvalue weighted by Gasteiger charge is 2.22. The summed E-state index contributed by atoms with van der Waals surface area (Å²) < 4.78 is 0. The fourth-order valence-electron chi connectivity index (χ4n) is 1.60. The summed E-state index contributed by atoms with van der Waals surface area (Å²) in [5, 5.41) is 3.09. The van der Waals surface area contributed by atoms with Gasteiger partial charge in [0.25, 0.3) is 0 Å². The molecule has 1 fully saturated rings. The van der Waals surface area contributed by atoms with Crippen molar-refractivity contribution in [3.8, 4) is 0 Å². The minimum absolute atomic E-state index is 0.0818. The van der Waals surface area contributed by atoms with Gasteiger partial charge in [-0.1, -0.05) is 0 Å². The first kappa shape index (κ1) is 10.5. The van der Waals surface area contributed by atoms with Crippen LogP contribution in [0.3, 0.4) is 0 Å². The molecule has 4 nitrogen and oxygen atoms in total.